The molecule has 3 rings (SSSR count). The van der Waals surface area contributed by atoms with Crippen molar-refractivity contribution in [1.29, 1.82) is 5.26 Å². The smallest absolute Gasteiger partial charge is 0.277 e. The van der Waals surface area contributed by atoms with Gasteiger partial charge in [-0.25, -0.2) is 0 Å². The van der Waals surface area contributed by atoms with E-state index in [2.05, 4.69) is 54.5 Å². The molecule has 0 bridgehead atoms. The zero-order chi connectivity index (χ0) is 21.0. The van der Waals surface area contributed by atoms with Gasteiger partial charge in [0.15, 0.2) is 0 Å². The molecule has 1 heterocycles. The molecule has 1 aromatic heterocycles. The van der Waals surface area contributed by atoms with Crippen LogP contribution < -0.4 is 5.32 Å². The summed E-state index contributed by atoms with van der Waals surface area (Å²) in [5.74, 6) is 0.169. The van der Waals surface area contributed by atoms with Gasteiger partial charge in [0.25, 0.3) is 5.22 Å². The van der Waals surface area contributed by atoms with Crippen LogP contribution in [0.2, 0.25) is 0 Å². The first-order valence-electron chi connectivity index (χ1n) is 9.19. The summed E-state index contributed by atoms with van der Waals surface area (Å²) in [5, 5.41) is 19.9. The Balaban J connectivity index is 1.66. The van der Waals surface area contributed by atoms with Crippen LogP contribution >= 0.6 is 11.8 Å². The van der Waals surface area contributed by atoms with Gasteiger partial charge in [-0.05, 0) is 42.2 Å². The maximum Gasteiger partial charge on any atom is 0.277 e. The average molecular weight is 407 g/mol. The number of nitriles is 1. The standard InChI is InChI=1S/C22H22N4O2S/c1-14(19(27)24-18-8-6-5-7-16(18)13-23)29-21-26-25-20(28-21)15-9-11-17(12-10-15)22(2,3)4/h5-12,14H,1-4H3,(H,24,27)/t14-/m0/s1. The summed E-state index contributed by atoms with van der Waals surface area (Å²) >= 11 is 1.17. The fourth-order valence-electron chi connectivity index (χ4n) is 2.62. The number of para-hydroxylation sites is 1. The Morgan fingerprint density at radius 3 is 2.48 bits per heavy atom. The van der Waals surface area contributed by atoms with Crippen molar-refractivity contribution in [2.24, 2.45) is 0 Å². The summed E-state index contributed by atoms with van der Waals surface area (Å²) < 4.78 is 5.72. The summed E-state index contributed by atoms with van der Waals surface area (Å²) in [5.41, 5.74) is 3.02. The molecular formula is C22H22N4O2S. The van der Waals surface area contributed by atoms with E-state index in [-0.39, 0.29) is 11.3 Å². The second-order valence-electron chi connectivity index (χ2n) is 7.61. The number of hydrogen-bond acceptors (Lipinski definition) is 6. The second kappa shape index (κ2) is 8.50. The number of aromatic nitrogens is 2. The molecule has 7 heteroatoms. The number of amides is 1. The Kier molecular flexibility index (Phi) is 6.04. The van der Waals surface area contributed by atoms with Crippen LogP contribution in [-0.4, -0.2) is 21.4 Å². The van der Waals surface area contributed by atoms with E-state index in [0.717, 1.165) is 5.56 Å². The highest BCUT2D eigenvalue weighted by Crippen LogP contribution is 2.29. The van der Waals surface area contributed by atoms with Crippen molar-refractivity contribution in [3.8, 4) is 17.5 Å². The molecule has 0 radical (unpaired) electrons. The van der Waals surface area contributed by atoms with Crippen LogP contribution in [0, 0.1) is 11.3 Å². The highest BCUT2D eigenvalue weighted by atomic mass is 32.2. The molecule has 0 saturated carbocycles. The SMILES string of the molecule is C[C@H](Sc1nnc(-c2ccc(C(C)(C)C)cc2)o1)C(=O)Nc1ccccc1C#N. The molecule has 3 aromatic rings. The minimum atomic E-state index is -0.474. The van der Waals surface area contributed by atoms with Gasteiger partial charge >= 0.3 is 0 Å². The van der Waals surface area contributed by atoms with Gasteiger partial charge in [0.2, 0.25) is 11.8 Å². The van der Waals surface area contributed by atoms with Crippen molar-refractivity contribution < 1.29 is 9.21 Å². The largest absolute Gasteiger partial charge is 0.411 e. The number of thioether (sulfide) groups is 1. The summed E-state index contributed by atoms with van der Waals surface area (Å²) in [4.78, 5) is 12.5. The summed E-state index contributed by atoms with van der Waals surface area (Å²) in [6.45, 7) is 8.22. The van der Waals surface area contributed by atoms with Gasteiger partial charge in [-0.3, -0.25) is 4.79 Å². The summed E-state index contributed by atoms with van der Waals surface area (Å²) in [6, 6.07) is 16.9. The average Bonchev–Trinajstić information content (AvgIpc) is 3.16. The van der Waals surface area contributed by atoms with Crippen LogP contribution in [0.25, 0.3) is 11.5 Å². The number of nitrogens with one attached hydrogen (secondary N) is 1. The van der Waals surface area contributed by atoms with Crippen molar-refractivity contribution >= 4 is 23.4 Å². The Hall–Kier alpha value is -3.11. The lowest BCUT2D eigenvalue weighted by Crippen LogP contribution is -2.22. The lowest BCUT2D eigenvalue weighted by molar-refractivity contribution is -0.115. The fraction of sp³-hybridized carbons (Fsp3) is 0.273. The van der Waals surface area contributed by atoms with Crippen LogP contribution in [0.5, 0.6) is 0 Å². The van der Waals surface area contributed by atoms with Gasteiger partial charge in [0, 0.05) is 5.56 Å². The Bertz CT molecular complexity index is 1050. The van der Waals surface area contributed by atoms with E-state index in [1.54, 1.807) is 31.2 Å². The van der Waals surface area contributed by atoms with Crippen molar-refractivity contribution in [2.45, 2.75) is 43.6 Å². The van der Waals surface area contributed by atoms with Crippen LogP contribution in [0.4, 0.5) is 5.69 Å². The van der Waals surface area contributed by atoms with Crippen LogP contribution in [0.1, 0.15) is 38.8 Å². The first kappa shape index (κ1) is 20.6. The lowest BCUT2D eigenvalue weighted by Gasteiger charge is -2.18. The second-order valence-corrected chi connectivity index (χ2v) is 8.90. The quantitative estimate of drug-likeness (QED) is 0.598. The first-order chi connectivity index (χ1) is 13.8. The molecule has 0 aliphatic carbocycles. The number of rotatable bonds is 5. The predicted molar refractivity (Wildman–Crippen MR) is 114 cm³/mol. The zero-order valence-electron chi connectivity index (χ0n) is 16.8. The van der Waals surface area contributed by atoms with E-state index in [4.69, 9.17) is 9.68 Å². The molecule has 0 aliphatic heterocycles. The molecule has 2 aromatic carbocycles. The minimum Gasteiger partial charge on any atom is -0.411 e. The highest BCUT2D eigenvalue weighted by molar-refractivity contribution is 8.00. The maximum absolute atomic E-state index is 12.5. The van der Waals surface area contributed by atoms with Gasteiger partial charge in [-0.15, -0.1) is 10.2 Å². The third-order valence-electron chi connectivity index (χ3n) is 4.36. The number of nitrogens with zero attached hydrogens (tertiary/aromatic N) is 3. The Labute approximate surface area is 174 Å². The lowest BCUT2D eigenvalue weighted by atomic mass is 9.87. The molecular weight excluding hydrogens is 384 g/mol. The number of hydrogen-bond donors (Lipinski definition) is 1. The minimum absolute atomic E-state index is 0.0708. The van der Waals surface area contributed by atoms with Crippen LogP contribution in [-0.2, 0) is 10.2 Å². The molecule has 0 spiro atoms. The number of anilines is 1. The third-order valence-corrected chi connectivity index (χ3v) is 5.29. The molecule has 1 amide bonds. The van der Waals surface area contributed by atoms with Crippen molar-refractivity contribution in [2.75, 3.05) is 5.32 Å². The Morgan fingerprint density at radius 2 is 1.83 bits per heavy atom. The van der Waals surface area contributed by atoms with Gasteiger partial charge in [-0.1, -0.05) is 56.8 Å². The predicted octanol–water partition coefficient (Wildman–Crippen LogP) is 5.03. The molecule has 6 nitrogen and oxygen atoms in total. The third kappa shape index (κ3) is 5.04. The van der Waals surface area contributed by atoms with Crippen LogP contribution in [0.3, 0.4) is 0 Å². The zero-order valence-corrected chi connectivity index (χ0v) is 17.6. The normalized spacial score (nSPS) is 12.2. The number of carbonyl (C=O) groups is 1. The van der Waals surface area contributed by atoms with E-state index >= 15 is 0 Å². The van der Waals surface area contributed by atoms with Crippen molar-refractivity contribution in [3.05, 3.63) is 59.7 Å². The summed E-state index contributed by atoms with van der Waals surface area (Å²) in [7, 11) is 0. The highest BCUT2D eigenvalue weighted by Gasteiger charge is 2.20. The van der Waals surface area contributed by atoms with E-state index in [0.29, 0.717) is 22.4 Å². The molecule has 1 N–H and O–H groups in total. The molecule has 29 heavy (non-hydrogen) atoms. The monoisotopic (exact) mass is 406 g/mol. The van der Waals surface area contributed by atoms with Gasteiger partial charge < -0.3 is 9.73 Å². The number of benzene rings is 2. The van der Waals surface area contributed by atoms with E-state index in [9.17, 15) is 4.79 Å². The van der Waals surface area contributed by atoms with Crippen molar-refractivity contribution in [1.82, 2.24) is 10.2 Å². The molecule has 0 unspecified atom stereocenters. The van der Waals surface area contributed by atoms with Crippen molar-refractivity contribution in [3.63, 3.8) is 0 Å². The molecule has 148 valence electrons. The molecule has 0 saturated heterocycles. The summed E-state index contributed by atoms with van der Waals surface area (Å²) in [6.07, 6.45) is 0. The van der Waals surface area contributed by atoms with E-state index < -0.39 is 5.25 Å². The number of carbonyl (C=O) groups excluding carboxylic acids is 1. The Morgan fingerprint density at radius 1 is 1.14 bits per heavy atom. The van der Waals surface area contributed by atoms with E-state index in [1.807, 2.05) is 12.1 Å². The van der Waals surface area contributed by atoms with Gasteiger partial charge in [0.05, 0.1) is 16.5 Å². The van der Waals surface area contributed by atoms with Gasteiger partial charge in [0.1, 0.15) is 6.07 Å². The first-order valence-corrected chi connectivity index (χ1v) is 10.1. The molecule has 1 atom stereocenters. The fourth-order valence-corrected chi connectivity index (χ4v) is 3.30. The van der Waals surface area contributed by atoms with Crippen LogP contribution in [0.15, 0.2) is 58.2 Å². The van der Waals surface area contributed by atoms with E-state index in [1.165, 1.54) is 17.3 Å². The topological polar surface area (TPSA) is 91.8 Å². The maximum atomic E-state index is 12.5. The molecule has 0 fully saturated rings. The van der Waals surface area contributed by atoms with Gasteiger partial charge in [-0.2, -0.15) is 5.26 Å². The molecule has 0 aliphatic rings.